The van der Waals surface area contributed by atoms with Crippen LogP contribution in [0.3, 0.4) is 0 Å². The largest absolute Gasteiger partial charge is 0.477 e. The van der Waals surface area contributed by atoms with E-state index in [2.05, 4.69) is 5.32 Å². The zero-order valence-electron chi connectivity index (χ0n) is 11.7. The van der Waals surface area contributed by atoms with E-state index in [1.54, 1.807) is 12.1 Å². The fraction of sp³-hybridized carbons (Fsp3) is 0.200. The quantitative estimate of drug-likeness (QED) is 0.557. The van der Waals surface area contributed by atoms with E-state index in [1.807, 2.05) is 0 Å². The third-order valence-corrected chi connectivity index (χ3v) is 4.27. The molecule has 2 N–H and O–H groups in total. The van der Waals surface area contributed by atoms with E-state index in [0.29, 0.717) is 0 Å². The molecule has 1 saturated heterocycles. The van der Waals surface area contributed by atoms with Gasteiger partial charge in [-0.1, -0.05) is 12.1 Å². The van der Waals surface area contributed by atoms with Crippen molar-refractivity contribution < 1.29 is 24.3 Å². The number of hydrogen-bond donors (Lipinski definition) is 2. The number of amides is 3. The number of carbonyl (C=O) groups is 4. The van der Waals surface area contributed by atoms with Crippen molar-refractivity contribution in [2.45, 2.75) is 12.2 Å². The van der Waals surface area contributed by atoms with Gasteiger partial charge in [0, 0.05) is 6.54 Å². The number of β-lactam (4-membered cyclic amide) rings is 1. The molecule has 3 heterocycles. The monoisotopic (exact) mass is 313 g/mol. The first-order valence-corrected chi connectivity index (χ1v) is 6.99. The average Bonchev–Trinajstić information content (AvgIpc) is 2.79. The first-order valence-electron chi connectivity index (χ1n) is 6.99. The molecule has 8 heteroatoms. The SMILES string of the molecule is O=C(O)C1=CCNC2C(N3C(=O)c4ccccc4C3=O)C(=O)N12. The van der Waals surface area contributed by atoms with Crippen molar-refractivity contribution in [3.63, 3.8) is 0 Å². The van der Waals surface area contributed by atoms with E-state index in [1.165, 1.54) is 18.2 Å². The van der Waals surface area contributed by atoms with Crippen LogP contribution in [0, 0.1) is 0 Å². The highest BCUT2D eigenvalue weighted by molar-refractivity contribution is 6.23. The maximum atomic E-state index is 12.5. The topological polar surface area (TPSA) is 107 Å². The van der Waals surface area contributed by atoms with Gasteiger partial charge < -0.3 is 5.11 Å². The number of nitrogens with one attached hydrogen (secondary N) is 1. The Hall–Kier alpha value is -3.00. The highest BCUT2D eigenvalue weighted by Gasteiger charge is 2.58. The van der Waals surface area contributed by atoms with Gasteiger partial charge in [-0.3, -0.25) is 29.5 Å². The van der Waals surface area contributed by atoms with E-state index in [-0.39, 0.29) is 23.4 Å². The van der Waals surface area contributed by atoms with Crippen LogP contribution in [-0.2, 0) is 9.59 Å². The van der Waals surface area contributed by atoms with Gasteiger partial charge in [-0.25, -0.2) is 4.79 Å². The number of carboxylic acids is 1. The summed E-state index contributed by atoms with van der Waals surface area (Å²) in [6.45, 7) is 0.246. The second-order valence-electron chi connectivity index (χ2n) is 5.43. The number of nitrogens with zero attached hydrogens (tertiary/aromatic N) is 2. The number of carboxylic acid groups (broad SMARTS) is 1. The Morgan fingerprint density at radius 2 is 1.70 bits per heavy atom. The van der Waals surface area contributed by atoms with E-state index < -0.39 is 35.9 Å². The summed E-state index contributed by atoms with van der Waals surface area (Å²) in [5, 5.41) is 12.1. The molecule has 3 aliphatic heterocycles. The molecule has 0 spiro atoms. The van der Waals surface area contributed by atoms with Crippen LogP contribution in [0.4, 0.5) is 0 Å². The molecule has 1 aromatic rings. The lowest BCUT2D eigenvalue weighted by atomic mass is 9.96. The van der Waals surface area contributed by atoms with Gasteiger partial charge in [0.2, 0.25) is 0 Å². The molecule has 3 amide bonds. The van der Waals surface area contributed by atoms with Crippen LogP contribution in [0.15, 0.2) is 36.0 Å². The smallest absolute Gasteiger partial charge is 0.352 e. The van der Waals surface area contributed by atoms with Crippen LogP contribution in [0.1, 0.15) is 20.7 Å². The van der Waals surface area contributed by atoms with Gasteiger partial charge in [-0.2, -0.15) is 0 Å². The van der Waals surface area contributed by atoms with Crippen LogP contribution >= 0.6 is 0 Å². The van der Waals surface area contributed by atoms with Crippen LogP contribution < -0.4 is 5.32 Å². The minimum atomic E-state index is -1.22. The fourth-order valence-electron chi connectivity index (χ4n) is 3.22. The van der Waals surface area contributed by atoms with Crippen molar-refractivity contribution in [1.82, 2.24) is 15.1 Å². The van der Waals surface area contributed by atoms with Gasteiger partial charge >= 0.3 is 5.97 Å². The van der Waals surface area contributed by atoms with Crippen molar-refractivity contribution in [3.8, 4) is 0 Å². The van der Waals surface area contributed by atoms with Crippen molar-refractivity contribution in [2.75, 3.05) is 6.54 Å². The van der Waals surface area contributed by atoms with E-state index >= 15 is 0 Å². The number of imide groups is 1. The third-order valence-electron chi connectivity index (χ3n) is 4.27. The predicted molar refractivity (Wildman–Crippen MR) is 75.1 cm³/mol. The Balaban J connectivity index is 1.68. The molecule has 1 fully saturated rings. The minimum absolute atomic E-state index is 0.133. The Bertz CT molecular complexity index is 780. The van der Waals surface area contributed by atoms with Crippen LogP contribution in [0.5, 0.6) is 0 Å². The summed E-state index contributed by atoms with van der Waals surface area (Å²) in [7, 11) is 0. The summed E-state index contributed by atoms with van der Waals surface area (Å²) in [6.07, 6.45) is 0.677. The molecule has 4 rings (SSSR count). The van der Waals surface area contributed by atoms with Gasteiger partial charge in [0.1, 0.15) is 11.9 Å². The molecule has 8 nitrogen and oxygen atoms in total. The van der Waals surface area contributed by atoms with Gasteiger partial charge in [0.15, 0.2) is 6.04 Å². The van der Waals surface area contributed by atoms with Crippen LogP contribution in [0.25, 0.3) is 0 Å². The lowest BCUT2D eigenvalue weighted by Crippen LogP contribution is -2.77. The number of fused-ring (bicyclic) bond motifs is 2. The Labute approximate surface area is 130 Å². The summed E-state index contributed by atoms with van der Waals surface area (Å²) in [6, 6.07) is 5.34. The lowest BCUT2D eigenvalue weighted by molar-refractivity contribution is -0.159. The zero-order chi connectivity index (χ0) is 16.3. The molecule has 1 aromatic carbocycles. The highest BCUT2D eigenvalue weighted by atomic mass is 16.4. The molecular formula is C15H11N3O5. The number of aliphatic carboxylic acids is 1. The molecule has 0 aliphatic carbocycles. The fourth-order valence-corrected chi connectivity index (χ4v) is 3.22. The first-order chi connectivity index (χ1) is 11.0. The van der Waals surface area contributed by atoms with Gasteiger partial charge in [0.25, 0.3) is 17.7 Å². The lowest BCUT2D eigenvalue weighted by Gasteiger charge is -2.51. The maximum absolute atomic E-state index is 12.5. The number of rotatable bonds is 2. The predicted octanol–water partition coefficient (Wildman–Crippen LogP) is -0.609. The summed E-state index contributed by atoms with van der Waals surface area (Å²) >= 11 is 0. The summed E-state index contributed by atoms with van der Waals surface area (Å²) in [5.41, 5.74) is 0.383. The van der Waals surface area contributed by atoms with E-state index in [4.69, 9.17) is 5.11 Å². The second kappa shape index (κ2) is 4.50. The van der Waals surface area contributed by atoms with Crippen LogP contribution in [0.2, 0.25) is 0 Å². The molecule has 0 saturated carbocycles. The zero-order valence-corrected chi connectivity index (χ0v) is 11.7. The maximum Gasteiger partial charge on any atom is 0.352 e. The molecule has 0 bridgehead atoms. The number of carbonyl (C=O) groups excluding carboxylic acids is 3. The third kappa shape index (κ3) is 1.63. The Kier molecular flexibility index (Phi) is 2.67. The minimum Gasteiger partial charge on any atom is -0.477 e. The van der Waals surface area contributed by atoms with Crippen molar-refractivity contribution in [1.29, 1.82) is 0 Å². The van der Waals surface area contributed by atoms with Gasteiger partial charge in [-0.05, 0) is 18.2 Å². The normalized spacial score (nSPS) is 25.7. The molecule has 2 unspecified atom stereocenters. The molecule has 3 aliphatic rings. The van der Waals surface area contributed by atoms with Gasteiger partial charge in [0.05, 0.1) is 11.1 Å². The summed E-state index contributed by atoms with van der Waals surface area (Å²) < 4.78 is 0. The molecule has 0 aromatic heterocycles. The Morgan fingerprint density at radius 1 is 1.09 bits per heavy atom. The van der Waals surface area contributed by atoms with Crippen molar-refractivity contribution in [3.05, 3.63) is 47.2 Å². The standard InChI is InChI=1S/C15H11N3O5/c19-12-7-3-1-2-4-8(7)13(20)18(12)10-11-16-6-5-9(15(22)23)17(11)14(10)21/h1-5,10-11,16H,6H2,(H,22,23). The van der Waals surface area contributed by atoms with E-state index in [0.717, 1.165) is 9.80 Å². The highest BCUT2D eigenvalue weighted by Crippen LogP contribution is 2.34. The second-order valence-corrected chi connectivity index (χ2v) is 5.43. The molecule has 2 atom stereocenters. The van der Waals surface area contributed by atoms with Crippen molar-refractivity contribution in [2.24, 2.45) is 0 Å². The number of hydrogen-bond acceptors (Lipinski definition) is 5. The van der Waals surface area contributed by atoms with Gasteiger partial charge in [-0.15, -0.1) is 0 Å². The molecule has 23 heavy (non-hydrogen) atoms. The average molecular weight is 313 g/mol. The molecule has 116 valence electrons. The van der Waals surface area contributed by atoms with Crippen LogP contribution in [-0.4, -0.2) is 57.3 Å². The first kappa shape index (κ1) is 13.6. The number of benzene rings is 1. The molecule has 0 radical (unpaired) electrons. The van der Waals surface area contributed by atoms with Crippen molar-refractivity contribution >= 4 is 23.7 Å². The van der Waals surface area contributed by atoms with E-state index in [9.17, 15) is 19.2 Å². The Morgan fingerprint density at radius 3 is 2.26 bits per heavy atom. The summed E-state index contributed by atoms with van der Waals surface area (Å²) in [4.78, 5) is 50.5. The summed E-state index contributed by atoms with van der Waals surface area (Å²) in [5.74, 6) is -2.86. The molecular weight excluding hydrogens is 302 g/mol.